The van der Waals surface area contributed by atoms with Crippen LogP contribution < -0.4 is 10.2 Å². The Morgan fingerprint density at radius 2 is 1.59 bits per heavy atom. The minimum absolute atomic E-state index is 0.285. The molecule has 7 nitrogen and oxygen atoms in total. The average molecular weight is 435 g/mol. The smallest absolute Gasteiger partial charge is 0.299 e. The molecule has 1 saturated heterocycles. The molecule has 0 atom stereocenters. The SMILES string of the molecule is FC(F)c1nnc2ccc(Nc3ccc(N4CCN(Cc5ccccc5)CC4)cc3)nn12. The van der Waals surface area contributed by atoms with E-state index in [1.54, 1.807) is 12.1 Å². The molecule has 0 unspecified atom stereocenters. The monoisotopic (exact) mass is 435 g/mol. The highest BCUT2D eigenvalue weighted by Gasteiger charge is 2.18. The summed E-state index contributed by atoms with van der Waals surface area (Å²) < 4.78 is 27.2. The molecule has 0 aliphatic carbocycles. The summed E-state index contributed by atoms with van der Waals surface area (Å²) in [6.07, 6.45) is -2.74. The van der Waals surface area contributed by atoms with Gasteiger partial charge < -0.3 is 10.2 Å². The highest BCUT2D eigenvalue weighted by atomic mass is 19.3. The fraction of sp³-hybridized carbons (Fsp3) is 0.261. The molecule has 0 bridgehead atoms. The predicted octanol–water partition coefficient (Wildman–Crippen LogP) is 4.13. The predicted molar refractivity (Wildman–Crippen MR) is 119 cm³/mol. The number of halogens is 2. The number of alkyl halides is 2. The van der Waals surface area contributed by atoms with Crippen LogP contribution in [0.15, 0.2) is 66.7 Å². The zero-order valence-corrected chi connectivity index (χ0v) is 17.4. The van der Waals surface area contributed by atoms with Crippen molar-refractivity contribution in [3.63, 3.8) is 0 Å². The topological polar surface area (TPSA) is 61.6 Å². The zero-order chi connectivity index (χ0) is 21.9. The molecule has 0 spiro atoms. The highest BCUT2D eigenvalue weighted by molar-refractivity contribution is 5.61. The lowest BCUT2D eigenvalue weighted by molar-refractivity contribution is 0.137. The normalized spacial score (nSPS) is 14.9. The Morgan fingerprint density at radius 3 is 2.31 bits per heavy atom. The third kappa shape index (κ3) is 4.38. The first-order valence-corrected chi connectivity index (χ1v) is 10.5. The zero-order valence-electron chi connectivity index (χ0n) is 17.4. The van der Waals surface area contributed by atoms with Crippen molar-refractivity contribution in [3.8, 4) is 0 Å². The summed E-state index contributed by atoms with van der Waals surface area (Å²) >= 11 is 0. The molecular weight excluding hydrogens is 412 g/mol. The Labute approximate surface area is 184 Å². The Bertz CT molecular complexity index is 1170. The summed E-state index contributed by atoms with van der Waals surface area (Å²) in [5.74, 6) is -0.0214. The van der Waals surface area contributed by atoms with Crippen molar-refractivity contribution in [2.24, 2.45) is 0 Å². The quantitative estimate of drug-likeness (QED) is 0.492. The Kier molecular flexibility index (Phi) is 5.64. The molecule has 0 amide bonds. The molecule has 0 saturated carbocycles. The molecule has 1 aliphatic heterocycles. The van der Waals surface area contributed by atoms with Gasteiger partial charge in [0.05, 0.1) is 0 Å². The number of anilines is 3. The summed E-state index contributed by atoms with van der Waals surface area (Å²) in [6.45, 7) is 4.97. The molecule has 0 radical (unpaired) electrons. The van der Waals surface area contributed by atoms with Gasteiger partial charge in [0.1, 0.15) is 0 Å². The van der Waals surface area contributed by atoms with Gasteiger partial charge in [-0.2, -0.15) is 4.52 Å². The molecule has 2 aromatic carbocycles. The first-order valence-electron chi connectivity index (χ1n) is 10.5. The van der Waals surface area contributed by atoms with Gasteiger partial charge in [0.2, 0.25) is 5.82 Å². The second-order valence-corrected chi connectivity index (χ2v) is 7.77. The number of rotatable bonds is 6. The number of fused-ring (bicyclic) bond motifs is 1. The fourth-order valence-electron chi connectivity index (χ4n) is 3.92. The van der Waals surface area contributed by atoms with Crippen molar-refractivity contribution >= 4 is 22.8 Å². The van der Waals surface area contributed by atoms with E-state index in [1.165, 1.54) is 5.56 Å². The van der Waals surface area contributed by atoms with Crippen LogP contribution in [0.2, 0.25) is 0 Å². The summed E-state index contributed by atoms with van der Waals surface area (Å²) in [5, 5.41) is 14.6. The van der Waals surface area contributed by atoms with Crippen LogP contribution in [0.4, 0.5) is 26.0 Å². The lowest BCUT2D eigenvalue weighted by atomic mass is 10.2. The Morgan fingerprint density at radius 1 is 0.844 bits per heavy atom. The van der Waals surface area contributed by atoms with Crippen LogP contribution >= 0.6 is 0 Å². The third-order valence-corrected chi connectivity index (χ3v) is 5.61. The molecule has 1 aliphatic rings. The van der Waals surface area contributed by atoms with E-state index in [1.807, 2.05) is 18.2 Å². The molecule has 164 valence electrons. The fourth-order valence-corrected chi connectivity index (χ4v) is 3.92. The molecular formula is C23H23F2N7. The van der Waals surface area contributed by atoms with Crippen molar-refractivity contribution in [2.75, 3.05) is 36.4 Å². The second kappa shape index (κ2) is 8.88. The minimum atomic E-state index is -2.74. The molecule has 32 heavy (non-hydrogen) atoms. The first kappa shape index (κ1) is 20.3. The Balaban J connectivity index is 1.20. The maximum absolute atomic E-state index is 13.1. The van der Waals surface area contributed by atoms with Crippen LogP contribution in [0.25, 0.3) is 5.65 Å². The van der Waals surface area contributed by atoms with Crippen LogP contribution in [0.1, 0.15) is 17.8 Å². The number of nitrogens with zero attached hydrogens (tertiary/aromatic N) is 6. The molecule has 2 aromatic heterocycles. The van der Waals surface area contributed by atoms with E-state index in [2.05, 4.69) is 66.8 Å². The van der Waals surface area contributed by atoms with Gasteiger partial charge in [-0.25, -0.2) is 8.78 Å². The largest absolute Gasteiger partial charge is 0.369 e. The van der Waals surface area contributed by atoms with Crippen molar-refractivity contribution in [1.29, 1.82) is 0 Å². The van der Waals surface area contributed by atoms with E-state index in [4.69, 9.17) is 0 Å². The average Bonchev–Trinajstić information content (AvgIpc) is 3.25. The van der Waals surface area contributed by atoms with Crippen LogP contribution in [0.5, 0.6) is 0 Å². The molecule has 9 heteroatoms. The lowest BCUT2D eigenvalue weighted by Crippen LogP contribution is -2.45. The number of hydrogen-bond acceptors (Lipinski definition) is 6. The third-order valence-electron chi connectivity index (χ3n) is 5.61. The van der Waals surface area contributed by atoms with Crippen molar-refractivity contribution in [3.05, 3.63) is 78.1 Å². The molecule has 1 fully saturated rings. The van der Waals surface area contributed by atoms with Crippen LogP contribution in [-0.2, 0) is 6.54 Å². The van der Waals surface area contributed by atoms with E-state index in [0.29, 0.717) is 5.82 Å². The molecule has 3 heterocycles. The van der Waals surface area contributed by atoms with Crippen molar-refractivity contribution < 1.29 is 8.78 Å². The number of nitrogens with one attached hydrogen (secondary N) is 1. The summed E-state index contributed by atoms with van der Waals surface area (Å²) in [7, 11) is 0. The second-order valence-electron chi connectivity index (χ2n) is 7.77. The summed E-state index contributed by atoms with van der Waals surface area (Å²) in [5.41, 5.74) is 3.62. The van der Waals surface area contributed by atoms with Gasteiger partial charge >= 0.3 is 0 Å². The van der Waals surface area contributed by atoms with Crippen LogP contribution in [0, 0.1) is 0 Å². The van der Waals surface area contributed by atoms with Crippen molar-refractivity contribution in [2.45, 2.75) is 13.0 Å². The number of aromatic nitrogens is 4. The van der Waals surface area contributed by atoms with Gasteiger partial charge in [0.15, 0.2) is 11.5 Å². The Hall–Kier alpha value is -3.59. The molecule has 1 N–H and O–H groups in total. The van der Waals surface area contributed by atoms with E-state index in [9.17, 15) is 8.78 Å². The van der Waals surface area contributed by atoms with E-state index in [0.717, 1.165) is 48.6 Å². The first-order chi connectivity index (χ1) is 15.7. The maximum Gasteiger partial charge on any atom is 0.299 e. The van der Waals surface area contributed by atoms with Gasteiger partial charge in [-0.1, -0.05) is 30.3 Å². The van der Waals surface area contributed by atoms with E-state index >= 15 is 0 Å². The minimum Gasteiger partial charge on any atom is -0.369 e. The van der Waals surface area contributed by atoms with Crippen LogP contribution in [0.3, 0.4) is 0 Å². The number of piperazine rings is 1. The van der Waals surface area contributed by atoms with Gasteiger partial charge in [0.25, 0.3) is 6.43 Å². The molecule has 4 aromatic rings. The van der Waals surface area contributed by atoms with Gasteiger partial charge in [-0.3, -0.25) is 4.90 Å². The maximum atomic E-state index is 13.1. The summed E-state index contributed by atoms with van der Waals surface area (Å²) in [6, 6.07) is 21.9. The van der Waals surface area contributed by atoms with E-state index in [-0.39, 0.29) is 5.65 Å². The van der Waals surface area contributed by atoms with E-state index < -0.39 is 12.2 Å². The lowest BCUT2D eigenvalue weighted by Gasteiger charge is -2.36. The van der Waals surface area contributed by atoms with Crippen molar-refractivity contribution in [1.82, 2.24) is 24.7 Å². The van der Waals surface area contributed by atoms with Gasteiger partial charge in [0, 0.05) is 44.1 Å². The van der Waals surface area contributed by atoms with Gasteiger partial charge in [-0.15, -0.1) is 15.3 Å². The van der Waals surface area contributed by atoms with Crippen LogP contribution in [-0.4, -0.2) is 50.9 Å². The standard InChI is InChI=1S/C23H23F2N7/c24-22(25)23-28-27-21-11-10-20(29-32(21)23)26-18-6-8-19(9-7-18)31-14-12-30(13-15-31)16-17-4-2-1-3-5-17/h1-11,22H,12-16H2,(H,26,29). The number of hydrogen-bond donors (Lipinski definition) is 1. The number of benzene rings is 2. The highest BCUT2D eigenvalue weighted by Crippen LogP contribution is 2.23. The summed E-state index contributed by atoms with van der Waals surface area (Å²) in [4.78, 5) is 4.85. The van der Waals surface area contributed by atoms with Gasteiger partial charge in [-0.05, 0) is 42.0 Å². The molecule has 5 rings (SSSR count).